The van der Waals surface area contributed by atoms with Crippen molar-refractivity contribution in [3.63, 3.8) is 0 Å². The van der Waals surface area contributed by atoms with Crippen molar-refractivity contribution in [2.24, 2.45) is 4.99 Å². The Bertz CT molecular complexity index is 1190. The number of oxazole rings is 1. The molecule has 1 fully saturated rings. The van der Waals surface area contributed by atoms with E-state index >= 15 is 0 Å². The van der Waals surface area contributed by atoms with Gasteiger partial charge in [0.2, 0.25) is 0 Å². The molecule has 32 heavy (non-hydrogen) atoms. The molecule has 2 N–H and O–H groups in total. The van der Waals surface area contributed by atoms with Crippen LogP contribution in [0.1, 0.15) is 57.8 Å². The van der Waals surface area contributed by atoms with Crippen molar-refractivity contribution in [3.05, 3.63) is 41.9 Å². The molecule has 0 atom stereocenters. The minimum atomic E-state index is -0.545. The molecule has 0 aliphatic carbocycles. The molecule has 2 aromatic heterocycles. The van der Waals surface area contributed by atoms with Crippen molar-refractivity contribution in [1.82, 2.24) is 25.3 Å². The summed E-state index contributed by atoms with van der Waals surface area (Å²) in [7, 11) is 0. The van der Waals surface area contributed by atoms with Crippen molar-refractivity contribution in [2.45, 2.75) is 57.7 Å². The first-order chi connectivity index (χ1) is 15.2. The van der Waals surface area contributed by atoms with Gasteiger partial charge in [-0.1, -0.05) is 0 Å². The van der Waals surface area contributed by atoms with Crippen LogP contribution in [0.3, 0.4) is 0 Å². The molecule has 1 saturated heterocycles. The van der Waals surface area contributed by atoms with Gasteiger partial charge < -0.3 is 0 Å². The van der Waals surface area contributed by atoms with E-state index in [0.717, 1.165) is 39.1 Å². The Hall–Kier alpha value is -2.53. The first-order valence-corrected chi connectivity index (χ1v) is 12.9. The van der Waals surface area contributed by atoms with Gasteiger partial charge in [0.15, 0.2) is 0 Å². The molecule has 3 aromatic rings. The number of rotatable bonds is 3. The molecular weight excluding hydrogens is 519 g/mol. The van der Waals surface area contributed by atoms with Gasteiger partial charge in [-0.3, -0.25) is 0 Å². The van der Waals surface area contributed by atoms with Crippen molar-refractivity contribution in [3.8, 4) is 17.2 Å². The summed E-state index contributed by atoms with van der Waals surface area (Å²) >= 11 is -0.545. The molecule has 0 radical (unpaired) electrons. The summed E-state index contributed by atoms with van der Waals surface area (Å²) in [5.41, 5.74) is 2.28. The Balaban J connectivity index is 1.48. The standard InChI is InChI=1S/C23H26IN6O2/c1-22(2)11-15(12-23(3,4)28-22)30-20-18(27-29-30)10-17(24-13-26-20)16-6-5-14(9-19(16)31)21-25-7-8-32-21/h5-10,13,15,28,31H,11-12H2,1-4H3/q-1. The molecule has 9 heteroatoms. The van der Waals surface area contributed by atoms with Crippen LogP contribution in [-0.2, 0) is 0 Å². The van der Waals surface area contributed by atoms with E-state index in [1.54, 1.807) is 12.3 Å². The van der Waals surface area contributed by atoms with E-state index in [0.29, 0.717) is 5.89 Å². The van der Waals surface area contributed by atoms with Gasteiger partial charge in [-0.2, -0.15) is 0 Å². The number of nitrogens with one attached hydrogen (secondary N) is 1. The van der Waals surface area contributed by atoms with E-state index < -0.39 is 21.2 Å². The summed E-state index contributed by atoms with van der Waals surface area (Å²) < 4.78 is 10.4. The number of fused-ring (bicyclic) bond motifs is 1. The van der Waals surface area contributed by atoms with Crippen LogP contribution in [-0.4, -0.2) is 40.4 Å². The third kappa shape index (κ3) is 4.11. The van der Waals surface area contributed by atoms with Gasteiger partial charge in [-0.05, 0) is 0 Å². The van der Waals surface area contributed by atoms with Gasteiger partial charge in [-0.15, -0.1) is 0 Å². The van der Waals surface area contributed by atoms with Gasteiger partial charge in [0.1, 0.15) is 0 Å². The SMILES string of the molecule is CC1(C)CC(n2nnc3c2N=C[I-]C(c2ccc(-c4ncco4)cc2O)=C3)CC(C)(C)N1. The summed E-state index contributed by atoms with van der Waals surface area (Å²) in [5.74, 6) is 1.47. The molecule has 0 saturated carbocycles. The second-order valence-corrected chi connectivity index (χ2v) is 11.9. The molecule has 1 aromatic carbocycles. The summed E-state index contributed by atoms with van der Waals surface area (Å²) in [6.45, 7) is 8.92. The average molecular weight is 545 g/mol. The fourth-order valence-corrected chi connectivity index (χ4v) is 6.82. The number of piperidine rings is 1. The molecule has 4 heterocycles. The second-order valence-electron chi connectivity index (χ2n) is 9.59. The van der Waals surface area contributed by atoms with Crippen LogP contribution in [0.4, 0.5) is 5.82 Å². The molecule has 5 rings (SSSR count). The molecule has 0 bridgehead atoms. The van der Waals surface area contributed by atoms with E-state index in [2.05, 4.69) is 48.3 Å². The first kappa shape index (κ1) is 21.3. The van der Waals surface area contributed by atoms with Crippen molar-refractivity contribution in [1.29, 1.82) is 0 Å². The fraction of sp³-hybridized carbons (Fsp3) is 0.391. The van der Waals surface area contributed by atoms with E-state index in [9.17, 15) is 5.11 Å². The number of phenols is 1. The summed E-state index contributed by atoms with van der Waals surface area (Å²) in [4.78, 5) is 8.91. The quantitative estimate of drug-likeness (QED) is 0.483. The predicted molar refractivity (Wildman–Crippen MR) is 119 cm³/mol. The van der Waals surface area contributed by atoms with Gasteiger partial charge >= 0.3 is 197 Å². The number of aromatic nitrogens is 4. The predicted octanol–water partition coefficient (Wildman–Crippen LogP) is 1.38. The summed E-state index contributed by atoms with van der Waals surface area (Å²) in [5, 5.41) is 23.4. The van der Waals surface area contributed by atoms with E-state index in [4.69, 9.17) is 9.41 Å². The zero-order valence-electron chi connectivity index (χ0n) is 18.5. The molecular formula is C23H26IN6O2-. The number of hydrogen-bond acceptors (Lipinski definition) is 7. The number of aliphatic imine (C=N–C) groups is 1. The van der Waals surface area contributed by atoms with Gasteiger partial charge in [-0.25, -0.2) is 0 Å². The number of nitrogens with zero attached hydrogens (tertiary/aromatic N) is 5. The maximum absolute atomic E-state index is 10.7. The molecule has 8 nitrogen and oxygen atoms in total. The Morgan fingerprint density at radius 2 is 1.97 bits per heavy atom. The van der Waals surface area contributed by atoms with E-state index in [1.165, 1.54) is 6.26 Å². The first-order valence-electron chi connectivity index (χ1n) is 10.6. The molecule has 2 aliphatic rings. The third-order valence-electron chi connectivity index (χ3n) is 5.74. The van der Waals surface area contributed by atoms with Gasteiger partial charge in [0, 0.05) is 0 Å². The second kappa shape index (κ2) is 7.80. The number of phenolic OH excluding ortho intramolecular Hbond substituents is 1. The number of halogens is 1. The summed E-state index contributed by atoms with van der Waals surface area (Å²) in [6, 6.07) is 5.72. The van der Waals surface area contributed by atoms with E-state index in [1.807, 2.05) is 27.1 Å². The maximum atomic E-state index is 10.7. The molecule has 0 spiro atoms. The van der Waals surface area contributed by atoms with E-state index in [-0.39, 0.29) is 22.9 Å². The van der Waals surface area contributed by atoms with Crippen LogP contribution in [0.5, 0.6) is 5.75 Å². The minimum absolute atomic E-state index is 0.00398. The van der Waals surface area contributed by atoms with Crippen molar-refractivity contribution in [2.75, 3.05) is 0 Å². The average Bonchev–Trinajstić information content (AvgIpc) is 3.32. The third-order valence-corrected chi connectivity index (χ3v) is 7.87. The van der Waals surface area contributed by atoms with Crippen LogP contribution in [0.2, 0.25) is 0 Å². The number of hydrogen-bond donors (Lipinski definition) is 2. The monoisotopic (exact) mass is 545 g/mol. The number of aromatic hydroxyl groups is 1. The van der Waals surface area contributed by atoms with Crippen LogP contribution in [0, 0.1) is 0 Å². The zero-order valence-corrected chi connectivity index (χ0v) is 20.7. The van der Waals surface area contributed by atoms with Gasteiger partial charge in [0.05, 0.1) is 0 Å². The molecule has 0 unspecified atom stereocenters. The van der Waals surface area contributed by atoms with Crippen LogP contribution < -0.4 is 26.5 Å². The number of benzene rings is 1. The van der Waals surface area contributed by atoms with Crippen molar-refractivity contribution < 1.29 is 30.7 Å². The Morgan fingerprint density at radius 3 is 2.66 bits per heavy atom. The Morgan fingerprint density at radius 1 is 1.19 bits per heavy atom. The fourth-order valence-electron chi connectivity index (χ4n) is 4.85. The van der Waals surface area contributed by atoms with Crippen LogP contribution >= 0.6 is 0 Å². The Labute approximate surface area is 197 Å². The zero-order chi connectivity index (χ0) is 22.5. The van der Waals surface area contributed by atoms with Gasteiger partial charge in [0.25, 0.3) is 0 Å². The summed E-state index contributed by atoms with van der Waals surface area (Å²) in [6.07, 6.45) is 7.04. The van der Waals surface area contributed by atoms with Crippen LogP contribution in [0.25, 0.3) is 21.1 Å². The molecule has 0 amide bonds. The topological polar surface area (TPSA) is 101 Å². The van der Waals surface area contributed by atoms with Crippen molar-refractivity contribution >= 4 is 19.7 Å². The van der Waals surface area contributed by atoms with Crippen LogP contribution in [0.15, 0.2) is 40.1 Å². The molecule has 168 valence electrons. The molecule has 2 aliphatic heterocycles. The Kier molecular flexibility index (Phi) is 5.20. The normalized spacial score (nSPS) is 20.2.